The molecule has 0 bridgehead atoms. The Hall–Kier alpha value is -1.40. The fourth-order valence-corrected chi connectivity index (χ4v) is 1.99. The van der Waals surface area contributed by atoms with Crippen LogP contribution in [0.2, 0.25) is 0 Å². The third kappa shape index (κ3) is 1.94. The molecule has 1 heterocycles. The molecule has 0 atom stereocenters. The third-order valence-electron chi connectivity index (χ3n) is 2.71. The summed E-state index contributed by atoms with van der Waals surface area (Å²) in [6.07, 6.45) is 2.34. The molecule has 1 aromatic rings. The van der Waals surface area contributed by atoms with E-state index in [4.69, 9.17) is 9.84 Å². The maximum absolute atomic E-state index is 11.6. The van der Waals surface area contributed by atoms with E-state index in [0.29, 0.717) is 12.0 Å². The highest BCUT2D eigenvalue weighted by Crippen LogP contribution is 2.16. The minimum atomic E-state index is -0.441. The lowest BCUT2D eigenvalue weighted by atomic mass is 10.2. The zero-order chi connectivity index (χ0) is 11.5. The van der Waals surface area contributed by atoms with E-state index in [0.717, 1.165) is 18.5 Å². The average molecular weight is 226 g/mol. The van der Waals surface area contributed by atoms with Gasteiger partial charge in [0.2, 0.25) is 0 Å². The molecular formula is C10H14N2O4. The molecule has 2 rings (SSSR count). The maximum Gasteiger partial charge on any atom is 0.330 e. The standard InChI is InChI=1S/C10H14N2O4/c13-4-5-16-6-12-8-3-1-2-7(8)9(14)11-10(12)15/h13H,1-6H2,(H,11,14,15). The van der Waals surface area contributed by atoms with Crippen molar-refractivity contribution in [1.82, 2.24) is 9.55 Å². The lowest BCUT2D eigenvalue weighted by molar-refractivity contribution is 0.0443. The second-order valence-corrected chi connectivity index (χ2v) is 3.73. The molecule has 0 aromatic carbocycles. The second kappa shape index (κ2) is 4.63. The lowest BCUT2D eigenvalue weighted by Crippen LogP contribution is -2.34. The van der Waals surface area contributed by atoms with Gasteiger partial charge >= 0.3 is 5.69 Å². The van der Waals surface area contributed by atoms with Crippen LogP contribution in [0.1, 0.15) is 17.7 Å². The normalized spacial score (nSPS) is 14.1. The van der Waals surface area contributed by atoms with Crippen molar-refractivity contribution in [3.05, 3.63) is 32.1 Å². The Morgan fingerprint density at radius 3 is 2.94 bits per heavy atom. The van der Waals surface area contributed by atoms with Crippen molar-refractivity contribution in [3.8, 4) is 0 Å². The highest BCUT2D eigenvalue weighted by atomic mass is 16.5. The van der Waals surface area contributed by atoms with Crippen molar-refractivity contribution in [1.29, 1.82) is 0 Å². The Bertz CT molecular complexity index is 489. The number of rotatable bonds is 4. The molecule has 0 saturated heterocycles. The number of aliphatic hydroxyl groups excluding tert-OH is 1. The number of aromatic nitrogens is 2. The molecule has 0 fully saturated rings. The van der Waals surface area contributed by atoms with Crippen LogP contribution in [-0.4, -0.2) is 27.9 Å². The number of fused-ring (bicyclic) bond motifs is 1. The summed E-state index contributed by atoms with van der Waals surface area (Å²) >= 11 is 0. The van der Waals surface area contributed by atoms with Crippen LogP contribution in [0.4, 0.5) is 0 Å². The van der Waals surface area contributed by atoms with Gasteiger partial charge < -0.3 is 9.84 Å². The van der Waals surface area contributed by atoms with Gasteiger partial charge in [0.05, 0.1) is 13.2 Å². The second-order valence-electron chi connectivity index (χ2n) is 3.73. The zero-order valence-corrected chi connectivity index (χ0v) is 8.86. The zero-order valence-electron chi connectivity index (χ0n) is 8.86. The number of aromatic amines is 1. The van der Waals surface area contributed by atoms with Gasteiger partial charge in [-0.15, -0.1) is 0 Å². The van der Waals surface area contributed by atoms with Crippen LogP contribution in [0.3, 0.4) is 0 Å². The van der Waals surface area contributed by atoms with Crippen LogP contribution in [0.25, 0.3) is 0 Å². The molecule has 1 aromatic heterocycles. The quantitative estimate of drug-likeness (QED) is 0.644. The molecule has 0 radical (unpaired) electrons. The van der Waals surface area contributed by atoms with Gasteiger partial charge in [0.15, 0.2) is 0 Å². The van der Waals surface area contributed by atoms with Gasteiger partial charge in [0.25, 0.3) is 5.56 Å². The Morgan fingerprint density at radius 2 is 2.19 bits per heavy atom. The van der Waals surface area contributed by atoms with Gasteiger partial charge in [-0.3, -0.25) is 14.3 Å². The molecule has 0 spiro atoms. The first-order chi connectivity index (χ1) is 7.74. The van der Waals surface area contributed by atoms with Crippen molar-refractivity contribution in [2.75, 3.05) is 13.2 Å². The number of nitrogens with one attached hydrogen (secondary N) is 1. The fraction of sp³-hybridized carbons (Fsp3) is 0.600. The van der Waals surface area contributed by atoms with Crippen molar-refractivity contribution in [2.24, 2.45) is 0 Å². The van der Waals surface area contributed by atoms with E-state index in [1.165, 1.54) is 4.57 Å². The highest BCUT2D eigenvalue weighted by Gasteiger charge is 2.19. The first kappa shape index (κ1) is 11.1. The van der Waals surface area contributed by atoms with Crippen LogP contribution in [0, 0.1) is 0 Å². The van der Waals surface area contributed by atoms with Crippen LogP contribution >= 0.6 is 0 Å². The van der Waals surface area contributed by atoms with Crippen molar-refractivity contribution in [3.63, 3.8) is 0 Å². The Labute approximate surface area is 91.5 Å². The fourth-order valence-electron chi connectivity index (χ4n) is 1.99. The molecule has 0 unspecified atom stereocenters. The summed E-state index contributed by atoms with van der Waals surface area (Å²) in [7, 11) is 0. The van der Waals surface area contributed by atoms with Crippen molar-refractivity contribution in [2.45, 2.75) is 26.0 Å². The smallest absolute Gasteiger partial charge is 0.330 e. The van der Waals surface area contributed by atoms with Gasteiger partial charge in [-0.2, -0.15) is 0 Å². The van der Waals surface area contributed by atoms with Crippen LogP contribution in [0.5, 0.6) is 0 Å². The number of nitrogens with zero attached hydrogens (tertiary/aromatic N) is 1. The van der Waals surface area contributed by atoms with E-state index in [9.17, 15) is 9.59 Å². The van der Waals surface area contributed by atoms with Gasteiger partial charge in [-0.1, -0.05) is 0 Å². The Balaban J connectivity index is 2.34. The molecule has 0 aliphatic heterocycles. The summed E-state index contributed by atoms with van der Waals surface area (Å²) < 4.78 is 6.54. The van der Waals surface area contributed by atoms with Crippen LogP contribution < -0.4 is 11.2 Å². The molecule has 88 valence electrons. The van der Waals surface area contributed by atoms with E-state index < -0.39 is 5.69 Å². The topological polar surface area (TPSA) is 84.3 Å². The average Bonchev–Trinajstić information content (AvgIpc) is 2.72. The summed E-state index contributed by atoms with van der Waals surface area (Å²) in [6, 6.07) is 0. The number of hydrogen-bond donors (Lipinski definition) is 2. The molecular weight excluding hydrogens is 212 g/mol. The van der Waals surface area contributed by atoms with Gasteiger partial charge in [0.1, 0.15) is 6.73 Å². The van der Waals surface area contributed by atoms with Gasteiger partial charge in [-0.05, 0) is 19.3 Å². The molecule has 0 saturated carbocycles. The summed E-state index contributed by atoms with van der Waals surface area (Å²) in [5.41, 5.74) is 0.735. The Kier molecular flexibility index (Phi) is 3.21. The van der Waals surface area contributed by atoms with Crippen LogP contribution in [0.15, 0.2) is 9.59 Å². The van der Waals surface area contributed by atoms with E-state index in [1.807, 2.05) is 0 Å². The minimum Gasteiger partial charge on any atom is -0.394 e. The molecule has 6 nitrogen and oxygen atoms in total. The van der Waals surface area contributed by atoms with E-state index in [2.05, 4.69) is 4.98 Å². The van der Waals surface area contributed by atoms with Crippen molar-refractivity contribution < 1.29 is 9.84 Å². The molecule has 1 aliphatic carbocycles. The summed E-state index contributed by atoms with van der Waals surface area (Å²) in [6.45, 7) is 0.180. The number of ether oxygens (including phenoxy) is 1. The van der Waals surface area contributed by atoms with Gasteiger partial charge in [0, 0.05) is 11.3 Å². The number of aliphatic hydroxyl groups is 1. The first-order valence-electron chi connectivity index (χ1n) is 5.27. The predicted octanol–water partition coefficient (Wildman–Crippen LogP) is -1.01. The van der Waals surface area contributed by atoms with Crippen LogP contribution in [-0.2, 0) is 24.3 Å². The van der Waals surface area contributed by atoms with Gasteiger partial charge in [-0.25, -0.2) is 4.79 Å². The number of H-pyrrole nitrogens is 1. The van der Waals surface area contributed by atoms with Crippen molar-refractivity contribution >= 4 is 0 Å². The molecule has 1 aliphatic rings. The van der Waals surface area contributed by atoms with E-state index in [1.54, 1.807) is 0 Å². The summed E-state index contributed by atoms with van der Waals surface area (Å²) in [4.78, 5) is 25.3. The minimum absolute atomic E-state index is 0.0819. The monoisotopic (exact) mass is 226 g/mol. The lowest BCUT2D eigenvalue weighted by Gasteiger charge is -2.10. The molecule has 0 amide bonds. The molecule has 16 heavy (non-hydrogen) atoms. The maximum atomic E-state index is 11.6. The number of hydrogen-bond acceptors (Lipinski definition) is 4. The van der Waals surface area contributed by atoms with E-state index >= 15 is 0 Å². The molecule has 6 heteroatoms. The first-order valence-corrected chi connectivity index (χ1v) is 5.27. The third-order valence-corrected chi connectivity index (χ3v) is 2.71. The predicted molar refractivity (Wildman–Crippen MR) is 56.4 cm³/mol. The SMILES string of the molecule is O=c1[nH]c(=O)n(COCCO)c2c1CCC2. The molecule has 2 N–H and O–H groups in total. The van der Waals surface area contributed by atoms with E-state index in [-0.39, 0.29) is 25.5 Å². The Morgan fingerprint density at radius 1 is 1.38 bits per heavy atom. The summed E-state index contributed by atoms with van der Waals surface area (Å²) in [5, 5.41) is 8.58. The summed E-state index contributed by atoms with van der Waals surface area (Å²) in [5.74, 6) is 0. The largest absolute Gasteiger partial charge is 0.394 e. The highest BCUT2D eigenvalue weighted by molar-refractivity contribution is 5.22.